The molecule has 5 rings (SSSR count). The number of rotatable bonds is 5. The molecule has 4 heterocycles. The summed E-state index contributed by atoms with van der Waals surface area (Å²) in [6, 6.07) is 6.10. The molecule has 0 aliphatic rings. The zero-order valence-corrected chi connectivity index (χ0v) is 20.8. The second-order valence-electron chi connectivity index (χ2n) is 6.99. The first kappa shape index (κ1) is 24.4. The van der Waals surface area contributed by atoms with Gasteiger partial charge in [-0.05, 0) is 47.7 Å². The fourth-order valence-electron chi connectivity index (χ4n) is 3.13. The van der Waals surface area contributed by atoms with Gasteiger partial charge in [0.2, 0.25) is 5.13 Å². The number of amides is 2. The third-order valence-electron chi connectivity index (χ3n) is 4.67. The second-order valence-corrected chi connectivity index (χ2v) is 10.5. The third-order valence-corrected chi connectivity index (χ3v) is 7.78. The molecule has 0 unspecified atom stereocenters. The molecule has 0 aliphatic carbocycles. The fraction of sp³-hybridized carbons (Fsp3) is 0.0476. The van der Waals surface area contributed by atoms with Gasteiger partial charge < -0.3 is 5.32 Å². The van der Waals surface area contributed by atoms with Crippen LogP contribution >= 0.6 is 46.0 Å². The minimum Gasteiger partial charge on any atom is -0.308 e. The number of thiophene rings is 1. The van der Waals surface area contributed by atoms with E-state index in [1.54, 1.807) is 12.4 Å². The molecular weight excluding hydrogens is 555 g/mol. The molecule has 0 radical (unpaired) electrons. The lowest BCUT2D eigenvalue weighted by molar-refractivity contribution is -0.137. The Morgan fingerprint density at radius 3 is 2.64 bits per heavy atom. The lowest BCUT2D eigenvalue weighted by Crippen LogP contribution is -2.19. The van der Waals surface area contributed by atoms with Crippen molar-refractivity contribution in [3.05, 3.63) is 65.0 Å². The third kappa shape index (κ3) is 5.26. The highest BCUT2D eigenvalue weighted by Gasteiger charge is 2.33. The van der Waals surface area contributed by atoms with Gasteiger partial charge in [0.1, 0.15) is 16.2 Å². The van der Waals surface area contributed by atoms with E-state index in [0.29, 0.717) is 9.37 Å². The highest BCUT2D eigenvalue weighted by Crippen LogP contribution is 2.41. The van der Waals surface area contributed by atoms with Crippen LogP contribution in [0.1, 0.15) is 5.56 Å². The van der Waals surface area contributed by atoms with Gasteiger partial charge in [-0.15, -0.1) is 21.5 Å². The van der Waals surface area contributed by atoms with Crippen molar-refractivity contribution in [1.29, 1.82) is 0 Å². The molecular formula is C21H11ClF3N7OS3. The van der Waals surface area contributed by atoms with Gasteiger partial charge in [0.05, 0.1) is 16.0 Å². The average molecular weight is 566 g/mol. The van der Waals surface area contributed by atoms with Gasteiger partial charge >= 0.3 is 12.2 Å². The number of urea groups is 1. The molecule has 5 aromatic rings. The van der Waals surface area contributed by atoms with Crippen LogP contribution in [0, 0.1) is 0 Å². The minimum absolute atomic E-state index is 0.0761. The number of benzene rings is 1. The standard InChI is InChI=1S/C21H11ClF3N7OS3/c22-14-2-1-11(7-13(14)21(23,24)25)29-18(33)30-19-31-32-20(36-19)35-17-15-12(10-3-5-26-6-4-10)8-34-16(15)27-9-28-17/h1-9H,(H2,29,30,31,33). The Bertz CT molecular complexity index is 1560. The van der Waals surface area contributed by atoms with E-state index in [1.165, 1.54) is 35.5 Å². The van der Waals surface area contributed by atoms with Gasteiger partial charge in [-0.1, -0.05) is 22.9 Å². The summed E-state index contributed by atoms with van der Waals surface area (Å²) in [5.41, 5.74) is 0.809. The summed E-state index contributed by atoms with van der Waals surface area (Å²) in [5, 5.41) is 16.0. The van der Waals surface area contributed by atoms with Crippen LogP contribution in [-0.4, -0.2) is 31.2 Å². The summed E-state index contributed by atoms with van der Waals surface area (Å²) in [6.07, 6.45) is 0.226. The number of carbonyl (C=O) groups is 1. The zero-order chi connectivity index (χ0) is 25.3. The quantitative estimate of drug-likeness (QED) is 0.173. The van der Waals surface area contributed by atoms with E-state index in [0.717, 1.165) is 44.8 Å². The van der Waals surface area contributed by atoms with Crippen molar-refractivity contribution < 1.29 is 18.0 Å². The predicted molar refractivity (Wildman–Crippen MR) is 134 cm³/mol. The smallest absolute Gasteiger partial charge is 0.308 e. The lowest BCUT2D eigenvalue weighted by atomic mass is 10.1. The van der Waals surface area contributed by atoms with Gasteiger partial charge in [0, 0.05) is 29.0 Å². The maximum absolute atomic E-state index is 13.0. The molecule has 0 saturated carbocycles. The number of nitrogens with one attached hydrogen (secondary N) is 2. The molecule has 2 amide bonds. The van der Waals surface area contributed by atoms with Crippen LogP contribution in [0.4, 0.5) is 28.8 Å². The number of halogens is 4. The topological polar surface area (TPSA) is 106 Å². The number of anilines is 2. The SMILES string of the molecule is O=C(Nc1ccc(Cl)c(C(F)(F)F)c1)Nc1nnc(Sc2ncnc3scc(-c4ccncc4)c23)s1. The Morgan fingerprint density at radius 2 is 1.86 bits per heavy atom. The highest BCUT2D eigenvalue weighted by molar-refractivity contribution is 8.01. The van der Waals surface area contributed by atoms with Crippen LogP contribution in [-0.2, 0) is 6.18 Å². The Hall–Kier alpha value is -3.33. The monoisotopic (exact) mass is 565 g/mol. The van der Waals surface area contributed by atoms with E-state index in [9.17, 15) is 18.0 Å². The lowest BCUT2D eigenvalue weighted by Gasteiger charge is -2.11. The number of fused-ring (bicyclic) bond motifs is 1. The van der Waals surface area contributed by atoms with E-state index in [4.69, 9.17) is 11.6 Å². The Morgan fingerprint density at radius 1 is 1.06 bits per heavy atom. The normalized spacial score (nSPS) is 11.6. The number of hydrogen-bond donors (Lipinski definition) is 2. The fourth-order valence-corrected chi connectivity index (χ4v) is 6.11. The van der Waals surface area contributed by atoms with Gasteiger partial charge in [-0.25, -0.2) is 14.8 Å². The first-order valence-electron chi connectivity index (χ1n) is 9.86. The van der Waals surface area contributed by atoms with Crippen LogP contribution in [0.3, 0.4) is 0 Å². The highest BCUT2D eigenvalue weighted by atomic mass is 35.5. The van der Waals surface area contributed by atoms with Crippen molar-refractivity contribution in [3.63, 3.8) is 0 Å². The van der Waals surface area contributed by atoms with Crippen molar-refractivity contribution in [2.24, 2.45) is 0 Å². The predicted octanol–water partition coefficient (Wildman–Crippen LogP) is 7.07. The molecule has 15 heteroatoms. The van der Waals surface area contributed by atoms with E-state index in [-0.39, 0.29) is 10.8 Å². The molecule has 0 aliphatic heterocycles. The summed E-state index contributed by atoms with van der Waals surface area (Å²) >= 11 is 9.45. The summed E-state index contributed by atoms with van der Waals surface area (Å²) in [6.45, 7) is 0. The Kier molecular flexibility index (Phi) is 6.75. The van der Waals surface area contributed by atoms with Gasteiger partial charge in [-0.3, -0.25) is 10.3 Å². The van der Waals surface area contributed by atoms with Crippen LogP contribution in [0.5, 0.6) is 0 Å². The number of carbonyl (C=O) groups excluding carboxylic acids is 1. The molecule has 36 heavy (non-hydrogen) atoms. The first-order valence-corrected chi connectivity index (χ1v) is 12.8. The Balaban J connectivity index is 1.31. The summed E-state index contributed by atoms with van der Waals surface area (Å²) in [5.74, 6) is 0. The first-order chi connectivity index (χ1) is 17.3. The molecule has 0 fully saturated rings. The second kappa shape index (κ2) is 9.97. The van der Waals surface area contributed by atoms with Crippen LogP contribution in [0.15, 0.2) is 63.8 Å². The van der Waals surface area contributed by atoms with E-state index < -0.39 is 22.8 Å². The minimum atomic E-state index is -4.65. The largest absolute Gasteiger partial charge is 0.417 e. The van der Waals surface area contributed by atoms with E-state index in [1.807, 2.05) is 17.5 Å². The molecule has 0 bridgehead atoms. The molecule has 8 nitrogen and oxygen atoms in total. The van der Waals surface area contributed by atoms with Gasteiger partial charge in [-0.2, -0.15) is 13.2 Å². The molecule has 0 saturated heterocycles. The molecule has 0 spiro atoms. The Labute approximate surface area is 218 Å². The van der Waals surface area contributed by atoms with Gasteiger partial charge in [0.25, 0.3) is 0 Å². The maximum atomic E-state index is 13.0. The van der Waals surface area contributed by atoms with Crippen molar-refractivity contribution in [1.82, 2.24) is 25.1 Å². The molecule has 4 aromatic heterocycles. The number of aromatic nitrogens is 5. The number of nitrogens with zero attached hydrogens (tertiary/aromatic N) is 5. The summed E-state index contributed by atoms with van der Waals surface area (Å²) < 4.78 is 39.7. The van der Waals surface area contributed by atoms with Crippen molar-refractivity contribution >= 4 is 73.1 Å². The molecule has 1 aromatic carbocycles. The van der Waals surface area contributed by atoms with Crippen LogP contribution < -0.4 is 10.6 Å². The van der Waals surface area contributed by atoms with Crippen LogP contribution in [0.2, 0.25) is 5.02 Å². The summed E-state index contributed by atoms with van der Waals surface area (Å²) in [4.78, 5) is 25.9. The van der Waals surface area contributed by atoms with E-state index in [2.05, 4.69) is 35.8 Å². The number of alkyl halides is 3. The maximum Gasteiger partial charge on any atom is 0.417 e. The molecule has 2 N–H and O–H groups in total. The van der Waals surface area contributed by atoms with Crippen molar-refractivity contribution in [2.45, 2.75) is 15.5 Å². The van der Waals surface area contributed by atoms with Gasteiger partial charge in [0.15, 0.2) is 4.34 Å². The van der Waals surface area contributed by atoms with Crippen molar-refractivity contribution in [2.75, 3.05) is 10.6 Å². The van der Waals surface area contributed by atoms with E-state index >= 15 is 0 Å². The molecule has 0 atom stereocenters. The molecule has 182 valence electrons. The number of hydrogen-bond acceptors (Lipinski definition) is 9. The average Bonchev–Trinajstić information content (AvgIpc) is 3.47. The number of pyridine rings is 1. The van der Waals surface area contributed by atoms with Crippen molar-refractivity contribution in [3.8, 4) is 11.1 Å². The zero-order valence-electron chi connectivity index (χ0n) is 17.6. The summed E-state index contributed by atoms with van der Waals surface area (Å²) in [7, 11) is 0. The van der Waals surface area contributed by atoms with Crippen LogP contribution in [0.25, 0.3) is 21.3 Å².